The molecule has 2 rings (SSSR count). The quantitative estimate of drug-likeness (QED) is 0.886. The monoisotopic (exact) mass is 284 g/mol. The fourth-order valence-corrected chi connectivity index (χ4v) is 2.17. The van der Waals surface area contributed by atoms with Crippen LogP contribution >= 0.6 is 0 Å². The van der Waals surface area contributed by atoms with Crippen LogP contribution in [0.2, 0.25) is 0 Å². The van der Waals surface area contributed by atoms with Crippen molar-refractivity contribution in [3.63, 3.8) is 0 Å². The van der Waals surface area contributed by atoms with E-state index in [1.165, 1.54) is 4.90 Å². The molecule has 2 N–H and O–H groups in total. The summed E-state index contributed by atoms with van der Waals surface area (Å²) in [7, 11) is 1.62. The molecule has 1 saturated heterocycles. The number of anilines is 1. The number of piperidine rings is 1. The fraction of sp³-hybridized carbons (Fsp3) is 0.385. The number of hydrogen-bond acceptors (Lipinski definition) is 3. The number of benzene rings is 1. The summed E-state index contributed by atoms with van der Waals surface area (Å²) in [6.45, 7) is 0.346. The Balaban J connectivity index is 2.18. The number of carboxylic acid groups (broad SMARTS) is 1. The van der Waals surface area contributed by atoms with Crippen molar-refractivity contribution in [1.82, 2.24) is 4.90 Å². The lowest BCUT2D eigenvalue weighted by atomic mass is 10.0. The van der Waals surface area contributed by atoms with Crippen molar-refractivity contribution >= 4 is 17.6 Å². The number of carbonyl (C=O) groups excluding carboxylic acids is 1. The molecule has 1 fully saturated rings. The molecule has 0 saturated carbocycles. The first-order valence-electron chi connectivity index (χ1n) is 6.11. The van der Waals surface area contributed by atoms with Crippen LogP contribution in [0.3, 0.4) is 0 Å². The molecule has 0 spiro atoms. The van der Waals surface area contributed by atoms with Crippen LogP contribution in [0.1, 0.15) is 23.2 Å². The van der Waals surface area contributed by atoms with Crippen LogP contribution in [-0.2, 0) is 4.79 Å². The van der Waals surface area contributed by atoms with Gasteiger partial charge in [-0.3, -0.25) is 4.79 Å². The van der Waals surface area contributed by atoms with Crippen molar-refractivity contribution in [2.75, 3.05) is 18.9 Å². The zero-order valence-corrected chi connectivity index (χ0v) is 10.8. The van der Waals surface area contributed by atoms with Crippen molar-refractivity contribution in [3.05, 3.63) is 29.3 Å². The maximum Gasteiger partial charge on any atom is 0.335 e. The van der Waals surface area contributed by atoms with Gasteiger partial charge >= 0.3 is 5.97 Å². The van der Waals surface area contributed by atoms with E-state index in [9.17, 15) is 18.4 Å². The summed E-state index contributed by atoms with van der Waals surface area (Å²) in [5.41, 5.74) is -0.802. The van der Waals surface area contributed by atoms with E-state index in [0.29, 0.717) is 19.4 Å². The van der Waals surface area contributed by atoms with Gasteiger partial charge in [-0.25, -0.2) is 13.6 Å². The van der Waals surface area contributed by atoms with E-state index in [4.69, 9.17) is 5.11 Å². The molecule has 0 radical (unpaired) electrons. The van der Waals surface area contributed by atoms with Crippen molar-refractivity contribution in [3.8, 4) is 0 Å². The number of amides is 1. The summed E-state index contributed by atoms with van der Waals surface area (Å²) in [6, 6.07) is 1.27. The molecule has 7 heteroatoms. The summed E-state index contributed by atoms with van der Waals surface area (Å²) < 4.78 is 27.5. The molecule has 0 aliphatic carbocycles. The molecular formula is C13H14F2N2O3. The second-order valence-electron chi connectivity index (χ2n) is 4.77. The van der Waals surface area contributed by atoms with Gasteiger partial charge in [0.1, 0.15) is 17.3 Å². The maximum atomic E-state index is 13.8. The first kappa shape index (κ1) is 14.2. The lowest BCUT2D eigenvalue weighted by Gasteiger charge is -2.31. The summed E-state index contributed by atoms with van der Waals surface area (Å²) >= 11 is 0. The van der Waals surface area contributed by atoms with Gasteiger partial charge < -0.3 is 15.3 Å². The van der Waals surface area contributed by atoms with E-state index in [-0.39, 0.29) is 17.6 Å². The minimum Gasteiger partial charge on any atom is -0.478 e. The molecule has 1 amide bonds. The Morgan fingerprint density at radius 3 is 2.50 bits per heavy atom. The van der Waals surface area contributed by atoms with Gasteiger partial charge in [0.05, 0.1) is 5.56 Å². The molecule has 1 atom stereocenters. The zero-order valence-electron chi connectivity index (χ0n) is 10.8. The number of carbonyl (C=O) groups is 2. The number of nitrogens with zero attached hydrogens (tertiary/aromatic N) is 1. The third kappa shape index (κ3) is 2.87. The predicted octanol–water partition coefficient (Wildman–Crippen LogP) is 1.70. The molecule has 1 unspecified atom stereocenters. The minimum absolute atomic E-state index is 0.00906. The van der Waals surface area contributed by atoms with E-state index >= 15 is 0 Å². The number of likely N-dealkylation sites (N-methyl/N-ethyl adjacent to an activating group) is 1. The molecule has 20 heavy (non-hydrogen) atoms. The van der Waals surface area contributed by atoms with Crippen LogP contribution < -0.4 is 5.32 Å². The standard InChI is InChI=1S/C13H14F2N2O3/c1-17-6-8(2-3-11(17)18)16-12-9(14)4-7(13(19)20)5-10(12)15/h4-5,8,16H,2-3,6H2,1H3,(H,19,20). The van der Waals surface area contributed by atoms with Gasteiger partial charge in [-0.15, -0.1) is 0 Å². The Hall–Kier alpha value is -2.18. The minimum atomic E-state index is -1.39. The number of rotatable bonds is 3. The number of carboxylic acids is 1. The SMILES string of the molecule is CN1CC(Nc2c(F)cc(C(=O)O)cc2F)CCC1=O. The van der Waals surface area contributed by atoms with Crippen LogP contribution in [0.25, 0.3) is 0 Å². The normalized spacial score (nSPS) is 19.1. The number of likely N-dealkylation sites (tertiary alicyclic amines) is 1. The highest BCUT2D eigenvalue weighted by Gasteiger charge is 2.25. The molecule has 0 bridgehead atoms. The smallest absolute Gasteiger partial charge is 0.335 e. The van der Waals surface area contributed by atoms with Crippen molar-refractivity contribution in [2.24, 2.45) is 0 Å². The van der Waals surface area contributed by atoms with Gasteiger partial charge in [0.15, 0.2) is 0 Å². The molecular weight excluding hydrogens is 270 g/mol. The molecule has 1 aromatic rings. The summed E-state index contributed by atoms with van der Waals surface area (Å²) in [4.78, 5) is 23.5. The lowest BCUT2D eigenvalue weighted by molar-refractivity contribution is -0.132. The maximum absolute atomic E-state index is 13.8. The fourth-order valence-electron chi connectivity index (χ4n) is 2.17. The number of halogens is 2. The number of hydrogen-bond donors (Lipinski definition) is 2. The Kier molecular flexibility index (Phi) is 3.87. The topological polar surface area (TPSA) is 69.6 Å². The summed E-state index contributed by atoms with van der Waals surface area (Å²) in [5, 5.41) is 11.4. The van der Waals surface area contributed by atoms with Crippen LogP contribution in [0.15, 0.2) is 12.1 Å². The molecule has 1 heterocycles. The van der Waals surface area contributed by atoms with Crippen LogP contribution in [0.4, 0.5) is 14.5 Å². The van der Waals surface area contributed by atoms with Crippen molar-refractivity contribution in [1.29, 1.82) is 0 Å². The average Bonchev–Trinajstić information content (AvgIpc) is 2.37. The second kappa shape index (κ2) is 5.44. The molecule has 1 aromatic carbocycles. The largest absolute Gasteiger partial charge is 0.478 e. The van der Waals surface area contributed by atoms with Crippen LogP contribution in [-0.4, -0.2) is 41.5 Å². The number of aromatic carboxylic acids is 1. The highest BCUT2D eigenvalue weighted by Crippen LogP contribution is 2.24. The predicted molar refractivity (Wildman–Crippen MR) is 67.6 cm³/mol. The Bertz CT molecular complexity index is 540. The van der Waals surface area contributed by atoms with Crippen LogP contribution in [0.5, 0.6) is 0 Å². The molecule has 1 aliphatic heterocycles. The number of nitrogens with one attached hydrogen (secondary N) is 1. The highest BCUT2D eigenvalue weighted by molar-refractivity contribution is 5.88. The first-order chi connectivity index (χ1) is 9.38. The van der Waals surface area contributed by atoms with E-state index < -0.39 is 23.2 Å². The first-order valence-corrected chi connectivity index (χ1v) is 6.11. The second-order valence-corrected chi connectivity index (χ2v) is 4.77. The van der Waals surface area contributed by atoms with Gasteiger partial charge in [-0.05, 0) is 18.6 Å². The Labute approximate surface area is 114 Å². The van der Waals surface area contributed by atoms with Gasteiger partial charge in [0.25, 0.3) is 0 Å². The highest BCUT2D eigenvalue weighted by atomic mass is 19.1. The molecule has 5 nitrogen and oxygen atoms in total. The van der Waals surface area contributed by atoms with E-state index in [1.807, 2.05) is 0 Å². The van der Waals surface area contributed by atoms with Crippen LogP contribution in [0, 0.1) is 11.6 Å². The lowest BCUT2D eigenvalue weighted by Crippen LogP contribution is -2.43. The van der Waals surface area contributed by atoms with Gasteiger partial charge in [0.2, 0.25) is 5.91 Å². The van der Waals surface area contributed by atoms with Gasteiger partial charge in [0, 0.05) is 26.1 Å². The van der Waals surface area contributed by atoms with E-state index in [1.54, 1.807) is 7.05 Å². The Morgan fingerprint density at radius 2 is 2.00 bits per heavy atom. The average molecular weight is 284 g/mol. The molecule has 1 aliphatic rings. The third-order valence-corrected chi connectivity index (χ3v) is 3.26. The van der Waals surface area contributed by atoms with Crippen molar-refractivity contribution < 1.29 is 23.5 Å². The third-order valence-electron chi connectivity index (χ3n) is 3.26. The van der Waals surface area contributed by atoms with Crippen molar-refractivity contribution in [2.45, 2.75) is 18.9 Å². The zero-order chi connectivity index (χ0) is 14.9. The molecule has 108 valence electrons. The van der Waals surface area contributed by atoms with E-state index in [2.05, 4.69) is 5.32 Å². The van der Waals surface area contributed by atoms with Gasteiger partial charge in [-0.1, -0.05) is 0 Å². The molecule has 0 aromatic heterocycles. The summed E-state index contributed by atoms with van der Waals surface area (Å²) in [5.74, 6) is -3.31. The summed E-state index contributed by atoms with van der Waals surface area (Å²) in [6.07, 6.45) is 0.785. The van der Waals surface area contributed by atoms with E-state index in [0.717, 1.165) is 12.1 Å². The Morgan fingerprint density at radius 1 is 1.40 bits per heavy atom. The van der Waals surface area contributed by atoms with Gasteiger partial charge in [-0.2, -0.15) is 0 Å².